The molecule has 3 heteroatoms. The summed E-state index contributed by atoms with van der Waals surface area (Å²) < 4.78 is 1.21. The molecule has 20 heavy (non-hydrogen) atoms. The van der Waals surface area contributed by atoms with Gasteiger partial charge < -0.3 is 10.6 Å². The number of nitrogens with zero attached hydrogens (tertiary/aromatic N) is 1. The van der Waals surface area contributed by atoms with Crippen LogP contribution in [-0.2, 0) is 0 Å². The minimum Gasteiger partial charge on any atom is -0.367 e. The van der Waals surface area contributed by atoms with Gasteiger partial charge in [-0.3, -0.25) is 0 Å². The molecule has 2 fully saturated rings. The SMILES string of the molecule is C[C@H](N)c1ccc(N2CCC[C@H]3CCCC[C@H]32)c(Br)c1. The summed E-state index contributed by atoms with van der Waals surface area (Å²) >= 11 is 3.77. The van der Waals surface area contributed by atoms with Crippen molar-refractivity contribution in [2.75, 3.05) is 11.4 Å². The summed E-state index contributed by atoms with van der Waals surface area (Å²) in [5, 5.41) is 0. The first-order valence-corrected chi connectivity index (χ1v) is 8.78. The summed E-state index contributed by atoms with van der Waals surface area (Å²) in [5.41, 5.74) is 8.56. The van der Waals surface area contributed by atoms with Crippen LogP contribution < -0.4 is 10.6 Å². The predicted molar refractivity (Wildman–Crippen MR) is 89.1 cm³/mol. The lowest BCUT2D eigenvalue weighted by Gasteiger charge is -2.45. The Hall–Kier alpha value is -0.540. The summed E-state index contributed by atoms with van der Waals surface area (Å²) in [6, 6.07) is 7.52. The first kappa shape index (κ1) is 14.4. The van der Waals surface area contributed by atoms with E-state index in [0.29, 0.717) is 0 Å². The van der Waals surface area contributed by atoms with E-state index < -0.39 is 0 Å². The summed E-state index contributed by atoms with van der Waals surface area (Å²) in [6.45, 7) is 3.25. The average Bonchev–Trinajstić information content (AvgIpc) is 2.46. The Bertz CT molecular complexity index is 470. The van der Waals surface area contributed by atoms with E-state index in [2.05, 4.69) is 39.0 Å². The van der Waals surface area contributed by atoms with Gasteiger partial charge in [-0.25, -0.2) is 0 Å². The maximum Gasteiger partial charge on any atom is 0.0513 e. The van der Waals surface area contributed by atoms with Crippen LogP contribution >= 0.6 is 15.9 Å². The lowest BCUT2D eigenvalue weighted by molar-refractivity contribution is 0.243. The number of anilines is 1. The number of hydrogen-bond donors (Lipinski definition) is 1. The van der Waals surface area contributed by atoms with E-state index in [1.807, 2.05) is 6.92 Å². The van der Waals surface area contributed by atoms with Crippen molar-refractivity contribution in [2.45, 2.75) is 57.5 Å². The second kappa shape index (κ2) is 6.07. The molecule has 3 rings (SSSR count). The zero-order chi connectivity index (χ0) is 14.1. The Morgan fingerprint density at radius 2 is 1.95 bits per heavy atom. The first-order valence-electron chi connectivity index (χ1n) is 7.98. The highest BCUT2D eigenvalue weighted by Gasteiger charge is 2.33. The number of fused-ring (bicyclic) bond motifs is 1. The second-order valence-corrected chi connectivity index (χ2v) is 7.30. The maximum atomic E-state index is 5.98. The van der Waals surface area contributed by atoms with Crippen LogP contribution in [0.1, 0.15) is 57.1 Å². The summed E-state index contributed by atoms with van der Waals surface area (Å²) in [4.78, 5) is 2.66. The third-order valence-electron chi connectivity index (χ3n) is 5.05. The van der Waals surface area contributed by atoms with E-state index in [0.717, 1.165) is 12.0 Å². The van der Waals surface area contributed by atoms with Crippen molar-refractivity contribution in [3.8, 4) is 0 Å². The highest BCUT2D eigenvalue weighted by atomic mass is 79.9. The topological polar surface area (TPSA) is 29.3 Å². The Balaban J connectivity index is 1.87. The van der Waals surface area contributed by atoms with Crippen molar-refractivity contribution in [2.24, 2.45) is 11.7 Å². The van der Waals surface area contributed by atoms with Gasteiger partial charge in [0, 0.05) is 23.1 Å². The van der Waals surface area contributed by atoms with Crippen molar-refractivity contribution in [1.82, 2.24) is 0 Å². The molecular weight excluding hydrogens is 312 g/mol. The molecule has 3 atom stereocenters. The third kappa shape index (κ3) is 2.75. The minimum atomic E-state index is 0.101. The molecule has 110 valence electrons. The van der Waals surface area contributed by atoms with Gasteiger partial charge in [0.2, 0.25) is 0 Å². The molecule has 2 nitrogen and oxygen atoms in total. The molecule has 1 saturated carbocycles. The standard InChI is InChI=1S/C17H25BrN2/c1-12(19)14-8-9-17(15(18)11-14)20-10-4-6-13-5-2-3-7-16(13)20/h8-9,11-13,16H,2-7,10,19H2,1H3/t12-,13+,16+/m0/s1. The quantitative estimate of drug-likeness (QED) is 0.853. The molecular formula is C17H25BrN2. The number of hydrogen-bond acceptors (Lipinski definition) is 2. The normalized spacial score (nSPS) is 28.1. The van der Waals surface area contributed by atoms with E-state index >= 15 is 0 Å². The Kier molecular flexibility index (Phi) is 4.37. The molecule has 0 unspecified atom stereocenters. The van der Waals surface area contributed by atoms with Crippen LogP contribution in [0.15, 0.2) is 22.7 Å². The number of piperidine rings is 1. The highest BCUT2D eigenvalue weighted by Crippen LogP contribution is 2.40. The zero-order valence-electron chi connectivity index (χ0n) is 12.3. The molecule has 1 saturated heterocycles. The molecule has 1 aliphatic carbocycles. The Morgan fingerprint density at radius 1 is 1.20 bits per heavy atom. The monoisotopic (exact) mass is 336 g/mol. The highest BCUT2D eigenvalue weighted by molar-refractivity contribution is 9.10. The van der Waals surface area contributed by atoms with Crippen LogP contribution in [0.4, 0.5) is 5.69 Å². The molecule has 1 aliphatic heterocycles. The van der Waals surface area contributed by atoms with Gasteiger partial charge in [-0.1, -0.05) is 18.9 Å². The average molecular weight is 337 g/mol. The van der Waals surface area contributed by atoms with Crippen molar-refractivity contribution >= 4 is 21.6 Å². The third-order valence-corrected chi connectivity index (χ3v) is 5.69. The number of halogens is 1. The van der Waals surface area contributed by atoms with E-state index in [4.69, 9.17) is 5.73 Å². The number of nitrogens with two attached hydrogens (primary N) is 1. The molecule has 0 amide bonds. The van der Waals surface area contributed by atoms with Crippen LogP contribution in [0.2, 0.25) is 0 Å². The van der Waals surface area contributed by atoms with Crippen molar-refractivity contribution < 1.29 is 0 Å². The van der Waals surface area contributed by atoms with Gasteiger partial charge in [-0.2, -0.15) is 0 Å². The molecule has 0 radical (unpaired) electrons. The first-order chi connectivity index (χ1) is 9.66. The fourth-order valence-corrected chi connectivity index (χ4v) is 4.59. The molecule has 0 bridgehead atoms. The van der Waals surface area contributed by atoms with Crippen molar-refractivity contribution in [1.29, 1.82) is 0 Å². The van der Waals surface area contributed by atoms with E-state index in [1.54, 1.807) is 0 Å². The summed E-state index contributed by atoms with van der Waals surface area (Å²) in [6.07, 6.45) is 8.38. The number of benzene rings is 1. The molecule has 2 aliphatic rings. The van der Waals surface area contributed by atoms with Crippen molar-refractivity contribution in [3.63, 3.8) is 0 Å². The molecule has 0 spiro atoms. The van der Waals surface area contributed by atoms with Gasteiger partial charge in [0.1, 0.15) is 0 Å². The predicted octanol–water partition coefficient (Wildman–Crippen LogP) is 4.63. The Labute approximate surface area is 130 Å². The van der Waals surface area contributed by atoms with Gasteiger partial charge in [-0.05, 0) is 72.2 Å². The summed E-state index contributed by atoms with van der Waals surface area (Å²) in [7, 11) is 0. The van der Waals surface area contributed by atoms with Crippen LogP contribution in [0.25, 0.3) is 0 Å². The fourth-order valence-electron chi connectivity index (χ4n) is 3.96. The van der Waals surface area contributed by atoms with E-state index in [-0.39, 0.29) is 6.04 Å². The molecule has 1 heterocycles. The molecule has 1 aromatic rings. The van der Waals surface area contributed by atoms with Crippen LogP contribution in [0.5, 0.6) is 0 Å². The van der Waals surface area contributed by atoms with Crippen LogP contribution in [-0.4, -0.2) is 12.6 Å². The molecule has 1 aromatic carbocycles. The summed E-state index contributed by atoms with van der Waals surface area (Å²) in [5.74, 6) is 0.914. The lowest BCUT2D eigenvalue weighted by atomic mass is 9.78. The number of rotatable bonds is 2. The smallest absolute Gasteiger partial charge is 0.0513 e. The largest absolute Gasteiger partial charge is 0.367 e. The fraction of sp³-hybridized carbons (Fsp3) is 0.647. The lowest BCUT2D eigenvalue weighted by Crippen LogP contribution is -2.47. The maximum absolute atomic E-state index is 5.98. The zero-order valence-corrected chi connectivity index (χ0v) is 13.9. The van der Waals surface area contributed by atoms with Gasteiger partial charge >= 0.3 is 0 Å². The van der Waals surface area contributed by atoms with Gasteiger partial charge in [0.25, 0.3) is 0 Å². The van der Waals surface area contributed by atoms with Crippen molar-refractivity contribution in [3.05, 3.63) is 28.2 Å². The van der Waals surface area contributed by atoms with Gasteiger partial charge in [0.05, 0.1) is 5.69 Å². The van der Waals surface area contributed by atoms with Crippen LogP contribution in [0.3, 0.4) is 0 Å². The van der Waals surface area contributed by atoms with E-state index in [1.165, 1.54) is 60.8 Å². The molecule has 2 N–H and O–H groups in total. The Morgan fingerprint density at radius 3 is 2.70 bits per heavy atom. The van der Waals surface area contributed by atoms with Gasteiger partial charge in [-0.15, -0.1) is 0 Å². The minimum absolute atomic E-state index is 0.101. The second-order valence-electron chi connectivity index (χ2n) is 6.45. The van der Waals surface area contributed by atoms with Crippen LogP contribution in [0, 0.1) is 5.92 Å². The van der Waals surface area contributed by atoms with E-state index in [9.17, 15) is 0 Å². The molecule has 0 aromatic heterocycles. The van der Waals surface area contributed by atoms with Gasteiger partial charge in [0.15, 0.2) is 0 Å².